The predicted molar refractivity (Wildman–Crippen MR) is 140 cm³/mol. The number of carbonyl (C=O) groups excluding carboxylic acids is 1. The minimum absolute atomic E-state index is 0.0541. The molecule has 3 aliphatic rings. The van der Waals surface area contributed by atoms with Crippen molar-refractivity contribution in [2.75, 3.05) is 20.2 Å². The van der Waals surface area contributed by atoms with Crippen LogP contribution in [0, 0.1) is 5.92 Å². The van der Waals surface area contributed by atoms with Crippen molar-refractivity contribution in [1.29, 1.82) is 0 Å². The molecule has 188 valence electrons. The third-order valence-electron chi connectivity index (χ3n) is 8.34. The third-order valence-corrected chi connectivity index (χ3v) is 8.34. The fraction of sp³-hybridized carbons (Fsp3) is 0.567. The van der Waals surface area contributed by atoms with Gasteiger partial charge in [-0.05, 0) is 99.8 Å². The molecule has 35 heavy (non-hydrogen) atoms. The summed E-state index contributed by atoms with van der Waals surface area (Å²) in [6.45, 7) is 6.15. The van der Waals surface area contributed by atoms with Crippen molar-refractivity contribution in [2.24, 2.45) is 5.92 Å². The number of rotatable bonds is 6. The van der Waals surface area contributed by atoms with Crippen LogP contribution in [0.4, 0.5) is 0 Å². The highest BCUT2D eigenvalue weighted by Crippen LogP contribution is 2.53. The maximum absolute atomic E-state index is 13.4. The van der Waals surface area contributed by atoms with Crippen molar-refractivity contribution >= 4 is 5.91 Å². The zero-order valence-corrected chi connectivity index (χ0v) is 21.4. The van der Waals surface area contributed by atoms with E-state index in [4.69, 9.17) is 9.47 Å². The Labute approximate surface area is 210 Å². The van der Waals surface area contributed by atoms with Gasteiger partial charge in [-0.25, -0.2) is 0 Å². The van der Waals surface area contributed by atoms with Gasteiger partial charge in [0.1, 0.15) is 5.75 Å². The molecule has 0 aromatic heterocycles. The van der Waals surface area contributed by atoms with Crippen LogP contribution in [0.3, 0.4) is 0 Å². The molecule has 5 rings (SSSR count). The van der Waals surface area contributed by atoms with Crippen LogP contribution >= 0.6 is 0 Å². The average Bonchev–Trinajstić information content (AvgIpc) is 3.17. The van der Waals surface area contributed by atoms with Crippen LogP contribution in [-0.2, 0) is 14.9 Å². The standard InChI is InChI=1S/C30H40N2O3/c1-20(2)35-23-12-10-21(11-13-23)25-8-5-9-26-27(19-30(28(25)26)14-16-31-17-15-30)32-29(33)22-6-4-7-24(18-22)34-3/h5,8-13,20,22,24,27,31H,4,6-7,14-19H2,1-3H3,(H,32,33)/t22-,24-,27-/m1/s1. The quantitative estimate of drug-likeness (QED) is 0.576. The zero-order chi connectivity index (χ0) is 24.4. The first-order chi connectivity index (χ1) is 17.0. The van der Waals surface area contributed by atoms with E-state index < -0.39 is 0 Å². The number of piperidine rings is 1. The van der Waals surface area contributed by atoms with Gasteiger partial charge >= 0.3 is 0 Å². The molecule has 0 bridgehead atoms. The smallest absolute Gasteiger partial charge is 0.223 e. The summed E-state index contributed by atoms with van der Waals surface area (Å²) in [4.78, 5) is 13.4. The summed E-state index contributed by atoms with van der Waals surface area (Å²) in [6.07, 6.45) is 7.49. The molecule has 2 aromatic rings. The van der Waals surface area contributed by atoms with Crippen LogP contribution in [0.2, 0.25) is 0 Å². The second-order valence-corrected chi connectivity index (χ2v) is 11.0. The normalized spacial score (nSPS) is 25.4. The molecule has 1 aliphatic heterocycles. The van der Waals surface area contributed by atoms with Gasteiger partial charge < -0.3 is 20.1 Å². The van der Waals surface area contributed by atoms with Crippen molar-refractivity contribution in [2.45, 2.75) is 82.5 Å². The number of hydrogen-bond acceptors (Lipinski definition) is 4. The maximum atomic E-state index is 13.4. The van der Waals surface area contributed by atoms with Crippen LogP contribution in [0.5, 0.6) is 5.75 Å². The molecule has 5 heteroatoms. The van der Waals surface area contributed by atoms with Crippen molar-refractivity contribution in [3.05, 3.63) is 53.6 Å². The molecule has 5 nitrogen and oxygen atoms in total. The topological polar surface area (TPSA) is 59.6 Å². The molecule has 0 unspecified atom stereocenters. The maximum Gasteiger partial charge on any atom is 0.223 e. The summed E-state index contributed by atoms with van der Waals surface area (Å²) < 4.78 is 11.5. The second-order valence-electron chi connectivity index (χ2n) is 11.0. The summed E-state index contributed by atoms with van der Waals surface area (Å²) in [5.41, 5.74) is 5.37. The predicted octanol–water partition coefficient (Wildman–Crippen LogP) is 5.53. The Hall–Kier alpha value is -2.37. The van der Waals surface area contributed by atoms with Gasteiger partial charge in [0.2, 0.25) is 5.91 Å². The zero-order valence-electron chi connectivity index (χ0n) is 21.4. The van der Waals surface area contributed by atoms with Crippen LogP contribution in [0.15, 0.2) is 42.5 Å². The summed E-state index contributed by atoms with van der Waals surface area (Å²) in [6, 6.07) is 15.3. The van der Waals surface area contributed by atoms with Gasteiger partial charge in [-0.15, -0.1) is 0 Å². The number of hydrogen-bond donors (Lipinski definition) is 2. The summed E-state index contributed by atoms with van der Waals surface area (Å²) >= 11 is 0. The van der Waals surface area contributed by atoms with E-state index in [1.54, 1.807) is 7.11 Å². The van der Waals surface area contributed by atoms with Crippen molar-refractivity contribution < 1.29 is 14.3 Å². The lowest BCUT2D eigenvalue weighted by Crippen LogP contribution is -2.40. The Morgan fingerprint density at radius 2 is 1.86 bits per heavy atom. The molecule has 1 spiro atoms. The van der Waals surface area contributed by atoms with Gasteiger partial charge in [0.15, 0.2) is 0 Å². The number of fused-ring (bicyclic) bond motifs is 2. The largest absolute Gasteiger partial charge is 0.491 e. The van der Waals surface area contributed by atoms with Gasteiger partial charge in [-0.3, -0.25) is 4.79 Å². The molecule has 0 radical (unpaired) electrons. The molecule has 2 aliphatic carbocycles. The first-order valence-electron chi connectivity index (χ1n) is 13.4. The number of methoxy groups -OCH3 is 1. The van der Waals surface area contributed by atoms with E-state index in [0.717, 1.165) is 63.8 Å². The van der Waals surface area contributed by atoms with Gasteiger partial charge in [-0.1, -0.05) is 36.8 Å². The van der Waals surface area contributed by atoms with E-state index in [1.165, 1.54) is 22.3 Å². The summed E-state index contributed by atoms with van der Waals surface area (Å²) in [5, 5.41) is 7.05. The number of carbonyl (C=O) groups is 1. The van der Waals surface area contributed by atoms with E-state index in [1.807, 2.05) is 0 Å². The number of benzene rings is 2. The minimum atomic E-state index is 0.0541. The lowest BCUT2D eigenvalue weighted by atomic mass is 9.72. The highest BCUT2D eigenvalue weighted by Gasteiger charge is 2.46. The Bertz CT molecular complexity index is 1030. The van der Waals surface area contributed by atoms with Crippen molar-refractivity contribution in [3.8, 4) is 16.9 Å². The molecule has 1 saturated heterocycles. The molecule has 1 heterocycles. The number of ether oxygens (including phenoxy) is 2. The molecule has 1 saturated carbocycles. The molecule has 2 fully saturated rings. The molecular weight excluding hydrogens is 436 g/mol. The Morgan fingerprint density at radius 1 is 1.09 bits per heavy atom. The molecule has 1 amide bonds. The average molecular weight is 477 g/mol. The second kappa shape index (κ2) is 10.3. The van der Waals surface area contributed by atoms with E-state index in [2.05, 4.69) is 66.9 Å². The van der Waals surface area contributed by atoms with E-state index >= 15 is 0 Å². The summed E-state index contributed by atoms with van der Waals surface area (Å²) in [5.74, 6) is 1.16. The highest BCUT2D eigenvalue weighted by atomic mass is 16.5. The van der Waals surface area contributed by atoms with Crippen LogP contribution in [0.1, 0.15) is 76.0 Å². The van der Waals surface area contributed by atoms with Crippen LogP contribution in [-0.4, -0.2) is 38.3 Å². The van der Waals surface area contributed by atoms with Crippen LogP contribution < -0.4 is 15.4 Å². The fourth-order valence-corrected chi connectivity index (χ4v) is 6.66. The van der Waals surface area contributed by atoms with E-state index in [-0.39, 0.29) is 35.5 Å². The fourth-order valence-electron chi connectivity index (χ4n) is 6.66. The van der Waals surface area contributed by atoms with E-state index in [9.17, 15) is 4.79 Å². The lowest BCUT2D eigenvalue weighted by Gasteiger charge is -2.36. The van der Waals surface area contributed by atoms with Gasteiger partial charge in [-0.2, -0.15) is 0 Å². The SMILES string of the molecule is CO[C@@H]1CCC[C@@H](C(=O)N[C@@H]2CC3(CCNCC3)c3c(-c4ccc(OC(C)C)cc4)cccc32)C1. The van der Waals surface area contributed by atoms with Gasteiger partial charge in [0.25, 0.3) is 0 Å². The highest BCUT2D eigenvalue weighted by molar-refractivity contribution is 5.80. The number of nitrogens with one attached hydrogen (secondary N) is 2. The van der Waals surface area contributed by atoms with Crippen LogP contribution in [0.25, 0.3) is 11.1 Å². The Morgan fingerprint density at radius 3 is 2.57 bits per heavy atom. The lowest BCUT2D eigenvalue weighted by molar-refractivity contribution is -0.128. The van der Waals surface area contributed by atoms with Crippen molar-refractivity contribution in [3.63, 3.8) is 0 Å². The molecule has 2 aromatic carbocycles. The Kier molecular flexibility index (Phi) is 7.17. The van der Waals surface area contributed by atoms with Crippen molar-refractivity contribution in [1.82, 2.24) is 10.6 Å². The minimum Gasteiger partial charge on any atom is -0.491 e. The first kappa shape index (κ1) is 24.3. The molecular formula is C30H40N2O3. The molecule has 2 N–H and O–H groups in total. The summed E-state index contributed by atoms with van der Waals surface area (Å²) in [7, 11) is 1.77. The first-order valence-corrected chi connectivity index (χ1v) is 13.4. The Balaban J connectivity index is 1.45. The van der Waals surface area contributed by atoms with E-state index in [0.29, 0.717) is 0 Å². The third kappa shape index (κ3) is 4.99. The number of amides is 1. The van der Waals surface area contributed by atoms with Gasteiger partial charge in [0, 0.05) is 18.4 Å². The molecule has 3 atom stereocenters. The monoisotopic (exact) mass is 476 g/mol. The van der Waals surface area contributed by atoms with Gasteiger partial charge in [0.05, 0.1) is 18.2 Å².